The number of carbonyl (C=O) groups excluding carboxylic acids is 1. The van der Waals surface area contributed by atoms with E-state index in [0.717, 1.165) is 5.52 Å². The van der Waals surface area contributed by atoms with Crippen molar-refractivity contribution in [1.29, 1.82) is 0 Å². The smallest absolute Gasteiger partial charge is 0.319 e. The molecule has 6 nitrogen and oxygen atoms in total. The van der Waals surface area contributed by atoms with E-state index in [1.54, 1.807) is 6.07 Å². The minimum absolute atomic E-state index is 0.256. The number of carbonyl (C=O) groups is 1. The van der Waals surface area contributed by atoms with Crippen LogP contribution in [0.5, 0.6) is 0 Å². The van der Waals surface area contributed by atoms with Crippen molar-refractivity contribution in [2.24, 2.45) is 0 Å². The summed E-state index contributed by atoms with van der Waals surface area (Å²) in [5, 5.41) is 16.0. The third-order valence-electron chi connectivity index (χ3n) is 2.08. The molecule has 0 atom stereocenters. The Morgan fingerprint density at radius 3 is 2.76 bits per heavy atom. The summed E-state index contributed by atoms with van der Waals surface area (Å²) in [6.45, 7) is 5.76. The normalized spacial score (nSPS) is 11.5. The number of nitrogens with one attached hydrogen (secondary N) is 3. The molecule has 1 aromatic heterocycles. The lowest BCUT2D eigenvalue weighted by molar-refractivity contribution is 0.244. The number of fused-ring (bicyclic) bond motifs is 1. The molecule has 0 aliphatic carbocycles. The fourth-order valence-corrected chi connectivity index (χ4v) is 1.46. The van der Waals surface area contributed by atoms with Crippen molar-refractivity contribution in [2.45, 2.75) is 26.3 Å². The molecule has 3 N–H and O–H groups in total. The Balaban J connectivity index is 2.18. The van der Waals surface area contributed by atoms with E-state index in [0.29, 0.717) is 11.2 Å². The van der Waals surface area contributed by atoms with Crippen LogP contribution in [0.25, 0.3) is 11.0 Å². The summed E-state index contributed by atoms with van der Waals surface area (Å²) in [4.78, 5) is 11.7. The first-order valence-electron chi connectivity index (χ1n) is 5.34. The Kier molecular flexibility index (Phi) is 2.71. The van der Waals surface area contributed by atoms with E-state index in [1.807, 2.05) is 32.9 Å². The van der Waals surface area contributed by atoms with Crippen molar-refractivity contribution >= 4 is 22.8 Å². The molecule has 2 aromatic rings. The number of hydrogen-bond donors (Lipinski definition) is 3. The molecule has 0 aliphatic rings. The molecule has 0 radical (unpaired) electrons. The van der Waals surface area contributed by atoms with Gasteiger partial charge in [-0.15, -0.1) is 0 Å². The molecule has 0 fully saturated rings. The average molecular weight is 233 g/mol. The Labute approximate surface area is 98.8 Å². The van der Waals surface area contributed by atoms with Crippen molar-refractivity contribution in [2.75, 3.05) is 5.32 Å². The minimum Gasteiger partial charge on any atom is -0.333 e. The van der Waals surface area contributed by atoms with Crippen LogP contribution in [0, 0.1) is 0 Å². The van der Waals surface area contributed by atoms with Gasteiger partial charge in [-0.3, -0.25) is 0 Å². The van der Waals surface area contributed by atoms with Gasteiger partial charge in [-0.2, -0.15) is 15.4 Å². The molecule has 0 bridgehead atoms. The molecule has 0 saturated heterocycles. The number of para-hydroxylation sites is 1. The first kappa shape index (κ1) is 11.4. The Morgan fingerprint density at radius 2 is 2.06 bits per heavy atom. The maximum absolute atomic E-state index is 11.7. The van der Waals surface area contributed by atoms with Gasteiger partial charge in [0.2, 0.25) is 0 Å². The molecular formula is C11H15N5O. The molecule has 2 amide bonds. The number of benzene rings is 1. The van der Waals surface area contributed by atoms with Crippen LogP contribution < -0.4 is 10.6 Å². The van der Waals surface area contributed by atoms with Gasteiger partial charge in [0.1, 0.15) is 11.0 Å². The lowest BCUT2D eigenvalue weighted by Crippen LogP contribution is -2.43. The molecule has 1 heterocycles. The van der Waals surface area contributed by atoms with Gasteiger partial charge in [-0.1, -0.05) is 6.07 Å². The van der Waals surface area contributed by atoms with Crippen LogP contribution in [0.15, 0.2) is 18.2 Å². The van der Waals surface area contributed by atoms with Crippen molar-refractivity contribution in [3.05, 3.63) is 18.2 Å². The number of anilines is 1. The van der Waals surface area contributed by atoms with E-state index in [-0.39, 0.29) is 11.6 Å². The number of aromatic nitrogens is 3. The summed E-state index contributed by atoms with van der Waals surface area (Å²) in [6.07, 6.45) is 0. The van der Waals surface area contributed by atoms with Crippen LogP contribution in [0.1, 0.15) is 20.8 Å². The second-order valence-corrected chi connectivity index (χ2v) is 4.83. The summed E-state index contributed by atoms with van der Waals surface area (Å²) in [6, 6.07) is 5.17. The number of H-pyrrole nitrogens is 1. The molecule has 1 aromatic carbocycles. The molecule has 0 aliphatic heterocycles. The molecule has 0 spiro atoms. The number of nitrogens with zero attached hydrogens (tertiary/aromatic N) is 2. The maximum Gasteiger partial charge on any atom is 0.319 e. The summed E-state index contributed by atoms with van der Waals surface area (Å²) in [5.41, 5.74) is 1.73. The lowest BCUT2D eigenvalue weighted by atomic mass is 10.1. The van der Waals surface area contributed by atoms with Crippen LogP contribution in [0.4, 0.5) is 10.5 Å². The highest BCUT2D eigenvalue weighted by Gasteiger charge is 2.14. The Bertz CT molecular complexity index is 540. The van der Waals surface area contributed by atoms with Crippen LogP contribution >= 0.6 is 0 Å². The van der Waals surface area contributed by atoms with Gasteiger partial charge in [-0.25, -0.2) is 4.79 Å². The summed E-state index contributed by atoms with van der Waals surface area (Å²) >= 11 is 0. The van der Waals surface area contributed by atoms with E-state index in [2.05, 4.69) is 26.0 Å². The van der Waals surface area contributed by atoms with Gasteiger partial charge < -0.3 is 10.6 Å². The van der Waals surface area contributed by atoms with Crippen molar-refractivity contribution in [3.63, 3.8) is 0 Å². The third kappa shape index (κ3) is 2.72. The molecule has 6 heteroatoms. The van der Waals surface area contributed by atoms with Gasteiger partial charge in [-0.05, 0) is 32.9 Å². The van der Waals surface area contributed by atoms with Gasteiger partial charge in [0.25, 0.3) is 0 Å². The van der Waals surface area contributed by atoms with E-state index in [9.17, 15) is 4.79 Å². The van der Waals surface area contributed by atoms with Gasteiger partial charge >= 0.3 is 6.03 Å². The second-order valence-electron chi connectivity index (χ2n) is 4.83. The fourth-order valence-electron chi connectivity index (χ4n) is 1.46. The quantitative estimate of drug-likeness (QED) is 0.703. The fraction of sp³-hybridized carbons (Fsp3) is 0.364. The molecule has 0 saturated carbocycles. The summed E-state index contributed by atoms with van der Waals surface area (Å²) in [5.74, 6) is 0. The highest BCUT2D eigenvalue weighted by molar-refractivity contribution is 5.98. The number of urea groups is 1. The summed E-state index contributed by atoms with van der Waals surface area (Å²) in [7, 11) is 0. The summed E-state index contributed by atoms with van der Waals surface area (Å²) < 4.78 is 0. The Morgan fingerprint density at radius 1 is 1.29 bits per heavy atom. The standard InChI is InChI=1S/C11H15N5O/c1-11(2,3)13-10(17)12-7-5-4-6-8-9(7)15-16-14-8/h4-6H,1-3H3,(H2,12,13,17)(H,14,15,16). The van der Waals surface area contributed by atoms with Crippen molar-refractivity contribution in [3.8, 4) is 0 Å². The van der Waals surface area contributed by atoms with Gasteiger partial charge in [0.15, 0.2) is 0 Å². The first-order chi connectivity index (χ1) is 7.96. The van der Waals surface area contributed by atoms with Crippen LogP contribution in [-0.4, -0.2) is 27.0 Å². The topological polar surface area (TPSA) is 82.7 Å². The molecule has 90 valence electrons. The zero-order chi connectivity index (χ0) is 12.5. The SMILES string of the molecule is CC(C)(C)NC(=O)Nc1cccc2n[nH]nc12. The zero-order valence-corrected chi connectivity index (χ0v) is 10.0. The van der Waals surface area contributed by atoms with Crippen LogP contribution in [0.3, 0.4) is 0 Å². The monoisotopic (exact) mass is 233 g/mol. The first-order valence-corrected chi connectivity index (χ1v) is 5.34. The number of amides is 2. The number of aromatic amines is 1. The van der Waals surface area contributed by atoms with Crippen molar-refractivity contribution < 1.29 is 4.79 Å². The molecule has 17 heavy (non-hydrogen) atoms. The largest absolute Gasteiger partial charge is 0.333 e. The van der Waals surface area contributed by atoms with Gasteiger partial charge in [0.05, 0.1) is 5.69 Å². The Hall–Kier alpha value is -2.11. The minimum atomic E-state index is -0.276. The molecule has 2 rings (SSSR count). The highest BCUT2D eigenvalue weighted by atomic mass is 16.2. The third-order valence-corrected chi connectivity index (χ3v) is 2.08. The van der Waals surface area contributed by atoms with Crippen LogP contribution in [-0.2, 0) is 0 Å². The van der Waals surface area contributed by atoms with Crippen LogP contribution in [0.2, 0.25) is 0 Å². The average Bonchev–Trinajstić information content (AvgIpc) is 2.63. The van der Waals surface area contributed by atoms with Gasteiger partial charge in [0, 0.05) is 5.54 Å². The number of rotatable bonds is 1. The van der Waals surface area contributed by atoms with Crippen molar-refractivity contribution in [1.82, 2.24) is 20.7 Å². The molecular weight excluding hydrogens is 218 g/mol. The van der Waals surface area contributed by atoms with E-state index in [1.165, 1.54) is 0 Å². The number of hydrogen-bond acceptors (Lipinski definition) is 3. The predicted molar refractivity (Wildman–Crippen MR) is 65.8 cm³/mol. The van der Waals surface area contributed by atoms with E-state index >= 15 is 0 Å². The van der Waals surface area contributed by atoms with E-state index < -0.39 is 0 Å². The lowest BCUT2D eigenvalue weighted by Gasteiger charge is -2.20. The van der Waals surface area contributed by atoms with E-state index in [4.69, 9.17) is 0 Å². The highest BCUT2D eigenvalue weighted by Crippen LogP contribution is 2.18. The molecule has 0 unspecified atom stereocenters. The predicted octanol–water partition coefficient (Wildman–Crippen LogP) is 1.88. The zero-order valence-electron chi connectivity index (χ0n) is 10.0. The maximum atomic E-state index is 11.7. The second kappa shape index (κ2) is 4.04.